The van der Waals surface area contributed by atoms with Crippen LogP contribution in [-0.4, -0.2) is 48.3 Å². The zero-order valence-electron chi connectivity index (χ0n) is 19.5. The molecule has 0 saturated carbocycles. The first-order valence-electron chi connectivity index (χ1n) is 10.6. The smallest absolute Gasteiger partial charge is 0.475 e. The molecule has 0 fully saturated rings. The lowest BCUT2D eigenvalue weighted by Crippen LogP contribution is -2.30. The Morgan fingerprint density at radius 1 is 0.974 bits per heavy atom. The Morgan fingerprint density at radius 3 is 2.13 bits per heavy atom. The number of aromatic nitrogens is 1. The molecule has 14 heteroatoms. The van der Waals surface area contributed by atoms with Crippen LogP contribution in [0.25, 0.3) is 11.1 Å². The Bertz CT molecular complexity index is 1250. The van der Waals surface area contributed by atoms with E-state index in [4.69, 9.17) is 14.6 Å². The van der Waals surface area contributed by atoms with E-state index in [0.717, 1.165) is 24.3 Å². The molecule has 0 spiro atoms. The van der Waals surface area contributed by atoms with E-state index in [1.54, 1.807) is 13.1 Å². The minimum Gasteiger partial charge on any atom is -0.475 e. The molecule has 1 aromatic heterocycles. The van der Waals surface area contributed by atoms with E-state index < -0.39 is 29.7 Å². The fraction of sp³-hybridized carbons (Fsp3) is 0.208. The molecule has 3 rings (SSSR count). The van der Waals surface area contributed by atoms with E-state index in [0.29, 0.717) is 24.2 Å². The summed E-state index contributed by atoms with van der Waals surface area (Å²) in [4.78, 5) is 25.4. The zero-order chi connectivity index (χ0) is 28.5. The second-order valence-corrected chi connectivity index (χ2v) is 7.37. The number of rotatable bonds is 7. The highest BCUT2D eigenvalue weighted by Gasteiger charge is 2.38. The van der Waals surface area contributed by atoms with Crippen LogP contribution in [0.15, 0.2) is 60.8 Å². The molecule has 0 unspecified atom stereocenters. The number of amides is 1. The number of carbonyl (C=O) groups is 2. The average Bonchev–Trinajstić information content (AvgIpc) is 2.84. The number of hydrogen-bond donors (Lipinski definition) is 3. The van der Waals surface area contributed by atoms with E-state index in [9.17, 15) is 35.5 Å². The highest BCUT2D eigenvalue weighted by Crippen LogP contribution is 2.35. The third-order valence-electron chi connectivity index (χ3n) is 4.55. The van der Waals surface area contributed by atoms with Crippen molar-refractivity contribution in [3.05, 3.63) is 77.7 Å². The molecule has 0 aliphatic heterocycles. The van der Waals surface area contributed by atoms with E-state index in [1.165, 1.54) is 30.5 Å². The van der Waals surface area contributed by atoms with Gasteiger partial charge >= 0.3 is 18.3 Å². The number of carboxylic acid groups (broad SMARTS) is 1. The lowest BCUT2D eigenvalue weighted by Gasteiger charge is -2.13. The van der Waals surface area contributed by atoms with Gasteiger partial charge in [-0.3, -0.25) is 4.79 Å². The summed E-state index contributed by atoms with van der Waals surface area (Å²) < 4.78 is 89.5. The topological polar surface area (TPSA) is 101 Å². The first kappa shape index (κ1) is 30.0. The maximum absolute atomic E-state index is 13.8. The number of likely N-dealkylation sites (N-methyl/N-ethyl adjacent to an activating group) is 1. The summed E-state index contributed by atoms with van der Waals surface area (Å²) in [6, 6.07) is 11.2. The van der Waals surface area contributed by atoms with Gasteiger partial charge in [-0.25, -0.2) is 14.2 Å². The van der Waals surface area contributed by atoms with E-state index in [2.05, 4.69) is 15.6 Å². The summed E-state index contributed by atoms with van der Waals surface area (Å²) >= 11 is 0. The molecular weight excluding hydrogens is 527 g/mol. The van der Waals surface area contributed by atoms with Gasteiger partial charge in [0.25, 0.3) is 5.91 Å². The molecule has 0 aliphatic carbocycles. The van der Waals surface area contributed by atoms with E-state index in [-0.39, 0.29) is 23.1 Å². The second-order valence-electron chi connectivity index (χ2n) is 7.37. The predicted molar refractivity (Wildman–Crippen MR) is 121 cm³/mol. The van der Waals surface area contributed by atoms with Crippen molar-refractivity contribution in [2.75, 3.05) is 20.1 Å². The first-order chi connectivity index (χ1) is 17.7. The maximum atomic E-state index is 13.8. The average molecular weight is 547 g/mol. The van der Waals surface area contributed by atoms with Crippen molar-refractivity contribution in [3.8, 4) is 22.8 Å². The van der Waals surface area contributed by atoms with Crippen LogP contribution in [0.2, 0.25) is 0 Å². The van der Waals surface area contributed by atoms with E-state index in [1.807, 2.05) is 0 Å². The number of ether oxygens (including phenoxy) is 1. The van der Waals surface area contributed by atoms with E-state index >= 15 is 0 Å². The number of nitrogens with one attached hydrogen (secondary N) is 2. The van der Waals surface area contributed by atoms with Gasteiger partial charge in [0.2, 0.25) is 5.88 Å². The summed E-state index contributed by atoms with van der Waals surface area (Å²) in [5.74, 6) is -3.49. The Labute approximate surface area is 211 Å². The minimum absolute atomic E-state index is 0.0251. The number of carboxylic acids is 1. The quantitative estimate of drug-likeness (QED) is 0.275. The van der Waals surface area contributed by atoms with Gasteiger partial charge in [-0.05, 0) is 55.1 Å². The summed E-state index contributed by atoms with van der Waals surface area (Å²) in [6.07, 6.45) is -8.26. The maximum Gasteiger partial charge on any atom is 0.490 e. The molecule has 0 radical (unpaired) electrons. The monoisotopic (exact) mass is 547 g/mol. The highest BCUT2D eigenvalue weighted by molar-refractivity contribution is 5.95. The van der Waals surface area contributed by atoms with Gasteiger partial charge in [-0.1, -0.05) is 12.1 Å². The van der Waals surface area contributed by atoms with Crippen LogP contribution in [0.3, 0.4) is 0 Å². The number of benzene rings is 2. The van der Waals surface area contributed by atoms with Crippen molar-refractivity contribution in [3.63, 3.8) is 0 Å². The molecule has 0 atom stereocenters. The van der Waals surface area contributed by atoms with Crippen molar-refractivity contribution >= 4 is 11.9 Å². The summed E-state index contributed by atoms with van der Waals surface area (Å²) in [5.41, 5.74) is 0.141. The molecule has 0 aliphatic rings. The van der Waals surface area contributed by atoms with Crippen LogP contribution in [0, 0.1) is 5.82 Å². The van der Waals surface area contributed by atoms with Crippen LogP contribution < -0.4 is 15.4 Å². The fourth-order valence-electron chi connectivity index (χ4n) is 2.75. The third kappa shape index (κ3) is 9.03. The largest absolute Gasteiger partial charge is 0.490 e. The number of halogens is 7. The molecule has 3 aromatic rings. The summed E-state index contributed by atoms with van der Waals surface area (Å²) in [7, 11) is 1.75. The lowest BCUT2D eigenvalue weighted by atomic mass is 10.0. The summed E-state index contributed by atoms with van der Waals surface area (Å²) in [6.45, 7) is 0.972. The molecule has 2 aromatic carbocycles. The van der Waals surface area contributed by atoms with Gasteiger partial charge < -0.3 is 20.5 Å². The number of alkyl halides is 6. The normalized spacial score (nSPS) is 11.3. The Balaban J connectivity index is 0.000000638. The van der Waals surface area contributed by atoms with Crippen LogP contribution in [0.1, 0.15) is 15.9 Å². The predicted octanol–water partition coefficient (Wildman–Crippen LogP) is 5.28. The standard InChI is InChI=1S/C22H19F4N3O2.C2HF3O2/c1-27-9-10-28-20(30)15-12-19(14-3-2-4-17(23)11-14)21(29-13-15)31-18-7-5-16(6-8-18)22(24,25)26;3-2(4,5)1(6)7/h2-8,11-13,27H,9-10H2,1H3,(H,28,30);(H,6,7). The van der Waals surface area contributed by atoms with Gasteiger partial charge in [0.1, 0.15) is 11.6 Å². The Morgan fingerprint density at radius 2 is 1.61 bits per heavy atom. The number of carbonyl (C=O) groups excluding carboxylic acids is 1. The van der Waals surface area contributed by atoms with Crippen molar-refractivity contribution < 1.29 is 50.2 Å². The van der Waals surface area contributed by atoms with Crippen LogP contribution in [-0.2, 0) is 11.0 Å². The van der Waals surface area contributed by atoms with Gasteiger partial charge in [-0.15, -0.1) is 0 Å². The van der Waals surface area contributed by atoms with Crippen molar-refractivity contribution in [2.24, 2.45) is 0 Å². The molecule has 38 heavy (non-hydrogen) atoms. The molecule has 1 heterocycles. The Hall–Kier alpha value is -4.20. The van der Waals surface area contributed by atoms with Crippen LogP contribution >= 0.6 is 0 Å². The first-order valence-corrected chi connectivity index (χ1v) is 10.6. The summed E-state index contributed by atoms with van der Waals surface area (Å²) in [5, 5.41) is 12.7. The van der Waals surface area contributed by atoms with Crippen LogP contribution in [0.4, 0.5) is 30.7 Å². The number of pyridine rings is 1. The van der Waals surface area contributed by atoms with Crippen molar-refractivity contribution in [1.82, 2.24) is 15.6 Å². The third-order valence-corrected chi connectivity index (χ3v) is 4.55. The molecule has 204 valence electrons. The van der Waals surface area contributed by atoms with Gasteiger partial charge in [0.05, 0.1) is 11.1 Å². The number of aliphatic carboxylic acids is 1. The minimum atomic E-state index is -5.08. The number of nitrogens with zero attached hydrogens (tertiary/aromatic N) is 1. The van der Waals surface area contributed by atoms with Gasteiger partial charge in [0, 0.05) is 24.8 Å². The molecule has 1 amide bonds. The number of hydrogen-bond acceptors (Lipinski definition) is 5. The second kappa shape index (κ2) is 12.9. The molecular formula is C24H20F7N3O4. The van der Waals surface area contributed by atoms with Crippen LogP contribution in [0.5, 0.6) is 11.6 Å². The highest BCUT2D eigenvalue weighted by atomic mass is 19.4. The molecule has 0 bridgehead atoms. The van der Waals surface area contributed by atoms with Crippen molar-refractivity contribution in [1.29, 1.82) is 0 Å². The van der Waals surface area contributed by atoms with Gasteiger partial charge in [0.15, 0.2) is 0 Å². The van der Waals surface area contributed by atoms with Crippen molar-refractivity contribution in [2.45, 2.75) is 12.4 Å². The molecule has 7 nitrogen and oxygen atoms in total. The van der Waals surface area contributed by atoms with Gasteiger partial charge in [-0.2, -0.15) is 26.3 Å². The SMILES string of the molecule is CNCCNC(=O)c1cnc(Oc2ccc(C(F)(F)F)cc2)c(-c2cccc(F)c2)c1.O=C(O)C(F)(F)F. The molecule has 3 N–H and O–H groups in total. The fourth-order valence-corrected chi connectivity index (χ4v) is 2.75. The molecule has 0 saturated heterocycles. The zero-order valence-corrected chi connectivity index (χ0v) is 19.5. The Kier molecular flexibility index (Phi) is 10.2. The lowest BCUT2D eigenvalue weighted by molar-refractivity contribution is -0.192.